The van der Waals surface area contributed by atoms with Crippen LogP contribution in [0.2, 0.25) is 0 Å². The van der Waals surface area contributed by atoms with E-state index < -0.39 is 5.97 Å². The minimum atomic E-state index is -0.544. The van der Waals surface area contributed by atoms with Crippen molar-refractivity contribution < 1.29 is 23.9 Å². The number of carbonyl (C=O) groups is 3. The highest BCUT2D eigenvalue weighted by molar-refractivity contribution is 7.12. The molecule has 1 aromatic heterocycles. The van der Waals surface area contributed by atoms with Crippen LogP contribution in [0.4, 0.5) is 0 Å². The largest absolute Gasteiger partial charge is 0.452 e. The molecule has 1 saturated heterocycles. The maximum absolute atomic E-state index is 12.3. The zero-order valence-electron chi connectivity index (χ0n) is 15.6. The van der Waals surface area contributed by atoms with Crippen molar-refractivity contribution in [3.05, 3.63) is 57.8 Å². The van der Waals surface area contributed by atoms with E-state index in [1.54, 1.807) is 41.2 Å². The molecular formula is C20H22N2O5S. The first kappa shape index (κ1) is 20.0. The summed E-state index contributed by atoms with van der Waals surface area (Å²) in [5, 5.41) is 1.87. The molecule has 28 heavy (non-hydrogen) atoms. The van der Waals surface area contributed by atoms with Crippen LogP contribution >= 0.6 is 11.3 Å². The number of ether oxygens (including phenoxy) is 2. The zero-order valence-corrected chi connectivity index (χ0v) is 16.4. The zero-order chi connectivity index (χ0) is 19.9. The minimum Gasteiger partial charge on any atom is -0.452 e. The number of amides is 2. The normalized spacial score (nSPS) is 14.0. The van der Waals surface area contributed by atoms with Crippen LogP contribution in [0.25, 0.3) is 0 Å². The van der Waals surface area contributed by atoms with E-state index in [1.165, 1.54) is 11.3 Å². The molecule has 1 aliphatic rings. The fourth-order valence-corrected chi connectivity index (χ4v) is 3.66. The molecule has 2 aromatic rings. The van der Waals surface area contributed by atoms with Crippen LogP contribution in [0.5, 0.6) is 0 Å². The lowest BCUT2D eigenvalue weighted by molar-refractivity contribution is -0.136. The molecule has 0 saturated carbocycles. The molecule has 148 valence electrons. The standard InChI is InChI=1S/C20H22N2O5S/c1-26-13-15-4-2-5-16(12-15)20(25)27-14-18(23)21-7-9-22(10-8-21)19(24)17-6-3-11-28-17/h2-6,11-12H,7-10,13-14H2,1H3. The van der Waals surface area contributed by atoms with Gasteiger partial charge in [0.25, 0.3) is 11.8 Å². The summed E-state index contributed by atoms with van der Waals surface area (Å²) in [5.41, 5.74) is 1.24. The van der Waals surface area contributed by atoms with Crippen molar-refractivity contribution >= 4 is 29.1 Å². The van der Waals surface area contributed by atoms with E-state index in [0.717, 1.165) is 5.56 Å². The third-order valence-corrected chi connectivity index (χ3v) is 5.31. The van der Waals surface area contributed by atoms with Crippen molar-refractivity contribution in [2.24, 2.45) is 0 Å². The molecule has 0 bridgehead atoms. The van der Waals surface area contributed by atoms with Gasteiger partial charge < -0.3 is 19.3 Å². The topological polar surface area (TPSA) is 76.2 Å². The fraction of sp³-hybridized carbons (Fsp3) is 0.350. The number of hydrogen-bond donors (Lipinski definition) is 0. The summed E-state index contributed by atoms with van der Waals surface area (Å²) < 4.78 is 10.2. The molecule has 0 unspecified atom stereocenters. The van der Waals surface area contributed by atoms with E-state index in [1.807, 2.05) is 17.5 Å². The Balaban J connectivity index is 1.46. The van der Waals surface area contributed by atoms with Gasteiger partial charge in [-0.3, -0.25) is 9.59 Å². The van der Waals surface area contributed by atoms with Gasteiger partial charge in [-0.05, 0) is 29.1 Å². The molecule has 0 N–H and O–H groups in total. The second-order valence-electron chi connectivity index (χ2n) is 6.36. The van der Waals surface area contributed by atoms with Crippen LogP contribution in [0.1, 0.15) is 25.6 Å². The maximum atomic E-state index is 12.3. The molecule has 3 rings (SSSR count). The number of carbonyl (C=O) groups excluding carboxylic acids is 3. The predicted molar refractivity (Wildman–Crippen MR) is 104 cm³/mol. The maximum Gasteiger partial charge on any atom is 0.338 e. The van der Waals surface area contributed by atoms with Crippen LogP contribution in [-0.4, -0.2) is 67.5 Å². The first-order valence-electron chi connectivity index (χ1n) is 8.94. The van der Waals surface area contributed by atoms with Crippen molar-refractivity contribution in [1.82, 2.24) is 9.80 Å². The average molecular weight is 402 g/mol. The number of thiophene rings is 1. The van der Waals surface area contributed by atoms with Gasteiger partial charge in [0, 0.05) is 33.3 Å². The van der Waals surface area contributed by atoms with E-state index in [9.17, 15) is 14.4 Å². The Morgan fingerprint density at radius 3 is 2.46 bits per heavy atom. The van der Waals surface area contributed by atoms with Crippen molar-refractivity contribution in [3.63, 3.8) is 0 Å². The van der Waals surface area contributed by atoms with Gasteiger partial charge in [-0.25, -0.2) is 4.79 Å². The summed E-state index contributed by atoms with van der Waals surface area (Å²) in [6.07, 6.45) is 0. The van der Waals surface area contributed by atoms with Gasteiger partial charge in [0.05, 0.1) is 17.0 Å². The highest BCUT2D eigenvalue weighted by atomic mass is 32.1. The molecule has 2 amide bonds. The minimum absolute atomic E-state index is 0.00975. The third kappa shape index (κ3) is 4.96. The molecule has 0 atom stereocenters. The van der Waals surface area contributed by atoms with Crippen molar-refractivity contribution in [1.29, 1.82) is 0 Å². The lowest BCUT2D eigenvalue weighted by atomic mass is 10.1. The number of rotatable bonds is 6. The average Bonchev–Trinajstić information content (AvgIpc) is 3.26. The second kappa shape index (κ2) is 9.48. The Morgan fingerprint density at radius 1 is 1.04 bits per heavy atom. The molecule has 1 aliphatic heterocycles. The molecule has 1 aromatic carbocycles. The highest BCUT2D eigenvalue weighted by Crippen LogP contribution is 2.14. The number of piperazine rings is 1. The fourth-order valence-electron chi connectivity index (χ4n) is 2.97. The first-order valence-corrected chi connectivity index (χ1v) is 9.82. The monoisotopic (exact) mass is 402 g/mol. The van der Waals surface area contributed by atoms with Crippen LogP contribution in [0.15, 0.2) is 41.8 Å². The molecule has 1 fully saturated rings. The number of benzene rings is 1. The second-order valence-corrected chi connectivity index (χ2v) is 7.31. The Bertz CT molecular complexity index is 829. The Labute approximate surface area is 167 Å². The van der Waals surface area contributed by atoms with Gasteiger partial charge in [0.2, 0.25) is 0 Å². The SMILES string of the molecule is COCc1cccc(C(=O)OCC(=O)N2CCN(C(=O)c3cccs3)CC2)c1. The molecule has 0 aliphatic carbocycles. The highest BCUT2D eigenvalue weighted by Gasteiger charge is 2.25. The smallest absolute Gasteiger partial charge is 0.338 e. The van der Waals surface area contributed by atoms with E-state index in [-0.39, 0.29) is 18.4 Å². The van der Waals surface area contributed by atoms with Crippen LogP contribution in [-0.2, 0) is 20.9 Å². The Kier molecular flexibility index (Phi) is 6.78. The van der Waals surface area contributed by atoms with Crippen molar-refractivity contribution in [3.8, 4) is 0 Å². The summed E-state index contributed by atoms with van der Waals surface area (Å²) in [7, 11) is 1.58. The van der Waals surface area contributed by atoms with Gasteiger partial charge in [0.15, 0.2) is 6.61 Å². The Hall–Kier alpha value is -2.71. The summed E-state index contributed by atoms with van der Waals surface area (Å²) in [6.45, 7) is 1.87. The van der Waals surface area contributed by atoms with Gasteiger partial charge >= 0.3 is 5.97 Å². The lowest BCUT2D eigenvalue weighted by Gasteiger charge is -2.34. The van der Waals surface area contributed by atoms with Crippen molar-refractivity contribution in [2.75, 3.05) is 39.9 Å². The van der Waals surface area contributed by atoms with E-state index in [2.05, 4.69) is 0 Å². The molecule has 8 heteroatoms. The molecule has 0 radical (unpaired) electrons. The summed E-state index contributed by atoms with van der Waals surface area (Å²) in [6, 6.07) is 10.6. The van der Waals surface area contributed by atoms with E-state index in [0.29, 0.717) is 43.2 Å². The lowest BCUT2D eigenvalue weighted by Crippen LogP contribution is -2.51. The number of esters is 1. The molecular weight excluding hydrogens is 380 g/mol. The van der Waals surface area contributed by atoms with Gasteiger partial charge in [0.1, 0.15) is 0 Å². The summed E-state index contributed by atoms with van der Waals surface area (Å²) in [4.78, 5) is 40.9. The Morgan fingerprint density at radius 2 is 1.79 bits per heavy atom. The third-order valence-electron chi connectivity index (χ3n) is 4.45. The predicted octanol–water partition coefficient (Wildman–Crippen LogP) is 2.04. The van der Waals surface area contributed by atoms with Gasteiger partial charge in [-0.1, -0.05) is 18.2 Å². The van der Waals surface area contributed by atoms with E-state index >= 15 is 0 Å². The molecule has 2 heterocycles. The van der Waals surface area contributed by atoms with Gasteiger partial charge in [-0.2, -0.15) is 0 Å². The van der Waals surface area contributed by atoms with Gasteiger partial charge in [-0.15, -0.1) is 11.3 Å². The summed E-state index contributed by atoms with van der Waals surface area (Å²) in [5.74, 6) is -0.813. The van der Waals surface area contributed by atoms with Crippen molar-refractivity contribution in [2.45, 2.75) is 6.61 Å². The molecule has 7 nitrogen and oxygen atoms in total. The number of methoxy groups -OCH3 is 1. The van der Waals surface area contributed by atoms with Crippen LogP contribution < -0.4 is 0 Å². The number of nitrogens with zero attached hydrogens (tertiary/aromatic N) is 2. The number of hydrogen-bond acceptors (Lipinski definition) is 6. The van der Waals surface area contributed by atoms with Crippen LogP contribution in [0, 0.1) is 0 Å². The van der Waals surface area contributed by atoms with E-state index in [4.69, 9.17) is 9.47 Å². The first-order chi connectivity index (χ1) is 13.6. The summed E-state index contributed by atoms with van der Waals surface area (Å²) >= 11 is 1.41. The van der Waals surface area contributed by atoms with Crippen LogP contribution in [0.3, 0.4) is 0 Å². The molecule has 0 spiro atoms. The quantitative estimate of drug-likeness (QED) is 0.691.